The summed E-state index contributed by atoms with van der Waals surface area (Å²) in [6.45, 7) is 5.42. The van der Waals surface area contributed by atoms with Gasteiger partial charge in [0.05, 0.1) is 0 Å². The molecule has 1 atom stereocenters. The van der Waals surface area contributed by atoms with E-state index in [2.05, 4.69) is 11.9 Å². The van der Waals surface area contributed by atoms with E-state index in [1.807, 2.05) is 0 Å². The molecular formula is C13H13ClN2O2. The average Bonchev–Trinajstić information content (AvgIpc) is 2.54. The molecular weight excluding hydrogens is 252 g/mol. The zero-order valence-electron chi connectivity index (χ0n) is 9.94. The minimum Gasteiger partial charge on any atom is -0.341 e. The standard InChI is InChI=1S/C13H13ClN2O2/c1-3-6-16-11-5-4-9(14)7-10(11)12(13(16)18)15-8(2)17/h3-5,7,12H,1,6H2,2H3,(H,15,17)/t12-/m0/s1. The lowest BCUT2D eigenvalue weighted by Gasteiger charge is -2.15. The number of carbonyl (C=O) groups is 2. The second-order valence-electron chi connectivity index (χ2n) is 4.07. The molecule has 18 heavy (non-hydrogen) atoms. The van der Waals surface area contributed by atoms with Crippen LogP contribution in [0.2, 0.25) is 5.02 Å². The van der Waals surface area contributed by atoms with Gasteiger partial charge in [-0.1, -0.05) is 17.7 Å². The summed E-state index contributed by atoms with van der Waals surface area (Å²) >= 11 is 5.94. The zero-order chi connectivity index (χ0) is 13.3. The van der Waals surface area contributed by atoms with Crippen LogP contribution in [-0.2, 0) is 9.59 Å². The van der Waals surface area contributed by atoms with Gasteiger partial charge in [0, 0.05) is 29.7 Å². The largest absolute Gasteiger partial charge is 0.341 e. The van der Waals surface area contributed by atoms with Crippen molar-refractivity contribution in [2.24, 2.45) is 0 Å². The quantitative estimate of drug-likeness (QED) is 0.850. The molecule has 0 aromatic heterocycles. The summed E-state index contributed by atoms with van der Waals surface area (Å²) in [7, 11) is 0. The minimum absolute atomic E-state index is 0.164. The van der Waals surface area contributed by atoms with Crippen molar-refractivity contribution in [1.29, 1.82) is 0 Å². The molecule has 0 bridgehead atoms. The number of fused-ring (bicyclic) bond motifs is 1. The molecule has 2 rings (SSSR count). The van der Waals surface area contributed by atoms with Crippen molar-refractivity contribution < 1.29 is 9.59 Å². The van der Waals surface area contributed by atoms with E-state index in [9.17, 15) is 9.59 Å². The molecule has 1 N–H and O–H groups in total. The van der Waals surface area contributed by atoms with Gasteiger partial charge < -0.3 is 10.2 Å². The van der Waals surface area contributed by atoms with Crippen LogP contribution in [0.15, 0.2) is 30.9 Å². The molecule has 1 heterocycles. The SMILES string of the molecule is C=CCN1C(=O)[C@@H](NC(C)=O)c2cc(Cl)ccc21. The summed E-state index contributed by atoms with van der Waals surface area (Å²) in [6.07, 6.45) is 1.65. The summed E-state index contributed by atoms with van der Waals surface area (Å²) in [5.41, 5.74) is 1.49. The second kappa shape index (κ2) is 4.82. The van der Waals surface area contributed by atoms with Gasteiger partial charge in [-0.15, -0.1) is 6.58 Å². The van der Waals surface area contributed by atoms with Gasteiger partial charge in [0.2, 0.25) is 5.91 Å². The van der Waals surface area contributed by atoms with Gasteiger partial charge in [-0.2, -0.15) is 0 Å². The fraction of sp³-hybridized carbons (Fsp3) is 0.231. The minimum atomic E-state index is -0.656. The van der Waals surface area contributed by atoms with Crippen molar-refractivity contribution in [2.75, 3.05) is 11.4 Å². The van der Waals surface area contributed by atoms with Crippen LogP contribution in [0.4, 0.5) is 5.69 Å². The van der Waals surface area contributed by atoms with Crippen LogP contribution in [0, 0.1) is 0 Å². The molecule has 94 valence electrons. The van der Waals surface area contributed by atoms with E-state index in [1.54, 1.807) is 29.2 Å². The van der Waals surface area contributed by atoms with Crippen molar-refractivity contribution in [2.45, 2.75) is 13.0 Å². The van der Waals surface area contributed by atoms with Gasteiger partial charge in [-0.25, -0.2) is 0 Å². The third-order valence-electron chi connectivity index (χ3n) is 2.76. The fourth-order valence-corrected chi connectivity index (χ4v) is 2.25. The number of rotatable bonds is 3. The molecule has 0 aliphatic carbocycles. The van der Waals surface area contributed by atoms with Crippen molar-refractivity contribution >= 4 is 29.1 Å². The van der Waals surface area contributed by atoms with Crippen LogP contribution in [0.1, 0.15) is 18.5 Å². The Morgan fingerprint density at radius 3 is 2.94 bits per heavy atom. The average molecular weight is 265 g/mol. The predicted octanol–water partition coefficient (Wildman–Crippen LogP) is 2.05. The maximum absolute atomic E-state index is 12.2. The molecule has 1 aliphatic heterocycles. The lowest BCUT2D eigenvalue weighted by atomic mass is 10.1. The Morgan fingerprint density at radius 1 is 1.61 bits per heavy atom. The topological polar surface area (TPSA) is 49.4 Å². The lowest BCUT2D eigenvalue weighted by molar-refractivity contribution is -0.126. The fourth-order valence-electron chi connectivity index (χ4n) is 2.07. The number of carbonyl (C=O) groups excluding carboxylic acids is 2. The zero-order valence-corrected chi connectivity index (χ0v) is 10.7. The number of benzene rings is 1. The molecule has 0 saturated heterocycles. The van der Waals surface area contributed by atoms with Crippen LogP contribution in [-0.4, -0.2) is 18.4 Å². The van der Waals surface area contributed by atoms with E-state index in [-0.39, 0.29) is 11.8 Å². The number of amides is 2. The number of hydrogen-bond acceptors (Lipinski definition) is 2. The molecule has 1 aromatic carbocycles. The highest BCUT2D eigenvalue weighted by Gasteiger charge is 2.37. The first-order valence-electron chi connectivity index (χ1n) is 5.53. The maximum atomic E-state index is 12.2. The molecule has 1 aromatic rings. The maximum Gasteiger partial charge on any atom is 0.254 e. The van der Waals surface area contributed by atoms with Crippen LogP contribution in [0.3, 0.4) is 0 Å². The second-order valence-corrected chi connectivity index (χ2v) is 4.51. The van der Waals surface area contributed by atoms with Crippen molar-refractivity contribution in [3.63, 3.8) is 0 Å². The van der Waals surface area contributed by atoms with Crippen molar-refractivity contribution in [1.82, 2.24) is 5.32 Å². The van der Waals surface area contributed by atoms with E-state index in [0.29, 0.717) is 11.6 Å². The first-order chi connectivity index (χ1) is 8.54. The Balaban J connectivity index is 2.46. The smallest absolute Gasteiger partial charge is 0.254 e. The van der Waals surface area contributed by atoms with Gasteiger partial charge in [-0.3, -0.25) is 9.59 Å². The summed E-state index contributed by atoms with van der Waals surface area (Å²) in [6, 6.07) is 4.55. The highest BCUT2D eigenvalue weighted by Crippen LogP contribution is 2.37. The van der Waals surface area contributed by atoms with Gasteiger partial charge in [-0.05, 0) is 18.2 Å². The summed E-state index contributed by atoms with van der Waals surface area (Å²) in [5, 5.41) is 3.18. The normalized spacial score (nSPS) is 17.6. The number of nitrogens with one attached hydrogen (secondary N) is 1. The number of anilines is 1. The number of nitrogens with zero attached hydrogens (tertiary/aromatic N) is 1. The van der Waals surface area contributed by atoms with Gasteiger partial charge in [0.15, 0.2) is 0 Å². The van der Waals surface area contributed by atoms with Gasteiger partial charge in [0.25, 0.3) is 5.91 Å². The van der Waals surface area contributed by atoms with E-state index in [1.165, 1.54) is 6.92 Å². The van der Waals surface area contributed by atoms with Crippen molar-refractivity contribution in [3.8, 4) is 0 Å². The Morgan fingerprint density at radius 2 is 2.33 bits per heavy atom. The number of halogens is 1. The van der Waals surface area contributed by atoms with Crippen LogP contribution in [0.5, 0.6) is 0 Å². The molecule has 0 saturated carbocycles. The first kappa shape index (κ1) is 12.6. The Kier molecular flexibility index (Phi) is 3.39. The third kappa shape index (κ3) is 2.11. The molecule has 5 heteroatoms. The van der Waals surface area contributed by atoms with Gasteiger partial charge in [0.1, 0.15) is 6.04 Å². The highest BCUT2D eigenvalue weighted by molar-refractivity contribution is 6.31. The monoisotopic (exact) mass is 264 g/mol. The van der Waals surface area contributed by atoms with Crippen LogP contribution in [0.25, 0.3) is 0 Å². The molecule has 4 nitrogen and oxygen atoms in total. The van der Waals surface area contributed by atoms with E-state index < -0.39 is 6.04 Å². The van der Waals surface area contributed by atoms with Gasteiger partial charge >= 0.3 is 0 Å². The number of hydrogen-bond donors (Lipinski definition) is 1. The lowest BCUT2D eigenvalue weighted by Crippen LogP contribution is -2.36. The molecule has 0 radical (unpaired) electrons. The summed E-state index contributed by atoms with van der Waals surface area (Å²) < 4.78 is 0. The molecule has 1 aliphatic rings. The van der Waals surface area contributed by atoms with Crippen molar-refractivity contribution in [3.05, 3.63) is 41.4 Å². The highest BCUT2D eigenvalue weighted by atomic mass is 35.5. The van der Waals surface area contributed by atoms with E-state index in [0.717, 1.165) is 11.3 Å². The predicted molar refractivity (Wildman–Crippen MR) is 70.6 cm³/mol. The summed E-state index contributed by atoms with van der Waals surface area (Å²) in [5.74, 6) is -0.415. The molecule has 2 amide bonds. The Hall–Kier alpha value is -1.81. The van der Waals surface area contributed by atoms with E-state index in [4.69, 9.17) is 11.6 Å². The molecule has 0 unspecified atom stereocenters. The Bertz CT molecular complexity index is 528. The Labute approximate surface area is 110 Å². The first-order valence-corrected chi connectivity index (χ1v) is 5.91. The molecule has 0 spiro atoms. The van der Waals surface area contributed by atoms with E-state index >= 15 is 0 Å². The summed E-state index contributed by atoms with van der Waals surface area (Å²) in [4.78, 5) is 25.0. The van der Waals surface area contributed by atoms with Crippen LogP contribution >= 0.6 is 11.6 Å². The third-order valence-corrected chi connectivity index (χ3v) is 3.00. The van der Waals surface area contributed by atoms with Crippen LogP contribution < -0.4 is 10.2 Å². The molecule has 0 fully saturated rings.